The van der Waals surface area contributed by atoms with Crippen LogP contribution in [0.5, 0.6) is 0 Å². The second-order valence-electron chi connectivity index (χ2n) is 3.16. The third kappa shape index (κ3) is 2.07. The van der Waals surface area contributed by atoms with Gasteiger partial charge in [-0.3, -0.25) is 4.98 Å². The third-order valence-electron chi connectivity index (χ3n) is 2.14. The molecule has 0 aliphatic heterocycles. The second kappa shape index (κ2) is 4.82. The van der Waals surface area contributed by atoms with Crippen LogP contribution >= 0.6 is 0 Å². The summed E-state index contributed by atoms with van der Waals surface area (Å²) in [6, 6.07) is 3.66. The van der Waals surface area contributed by atoms with Crippen molar-refractivity contribution < 1.29 is 9.26 Å². The molecule has 0 aliphatic carbocycles. The van der Waals surface area contributed by atoms with E-state index >= 15 is 0 Å². The molecule has 1 unspecified atom stereocenters. The number of hydrogen-bond donors (Lipinski definition) is 1. The average Bonchev–Trinajstić information content (AvgIpc) is 2.81. The van der Waals surface area contributed by atoms with Gasteiger partial charge in [-0.1, -0.05) is 5.16 Å². The second-order valence-corrected chi connectivity index (χ2v) is 3.16. The van der Waals surface area contributed by atoms with Gasteiger partial charge < -0.3 is 15.0 Å². The number of rotatable bonds is 4. The summed E-state index contributed by atoms with van der Waals surface area (Å²) in [5.74, 6) is 0.863. The Morgan fingerprint density at radius 3 is 3.06 bits per heavy atom. The Morgan fingerprint density at radius 2 is 2.44 bits per heavy atom. The molecule has 0 radical (unpaired) electrons. The highest BCUT2D eigenvalue weighted by molar-refractivity contribution is 5.51. The van der Waals surface area contributed by atoms with Crippen LogP contribution in [-0.4, -0.2) is 28.8 Å². The van der Waals surface area contributed by atoms with E-state index in [0.717, 1.165) is 5.56 Å². The molecule has 0 bridgehead atoms. The zero-order valence-electron chi connectivity index (χ0n) is 8.83. The van der Waals surface area contributed by atoms with Gasteiger partial charge >= 0.3 is 0 Å². The van der Waals surface area contributed by atoms with Crippen molar-refractivity contribution in [2.75, 3.05) is 13.7 Å². The van der Waals surface area contributed by atoms with Crippen molar-refractivity contribution in [2.24, 2.45) is 5.73 Å². The molecule has 2 N–H and O–H groups in total. The first-order chi connectivity index (χ1) is 7.85. The van der Waals surface area contributed by atoms with Gasteiger partial charge in [0.2, 0.25) is 5.82 Å². The molecule has 2 rings (SSSR count). The molecular formula is C10H12N4O2. The molecule has 6 nitrogen and oxygen atoms in total. The van der Waals surface area contributed by atoms with E-state index in [1.165, 1.54) is 0 Å². The summed E-state index contributed by atoms with van der Waals surface area (Å²) in [6.07, 6.45) is 2.99. The van der Waals surface area contributed by atoms with Crippen LogP contribution in [0.3, 0.4) is 0 Å². The molecule has 0 spiro atoms. The molecule has 1 atom stereocenters. The Labute approximate surface area is 92.4 Å². The van der Waals surface area contributed by atoms with Gasteiger partial charge in [0.15, 0.2) is 0 Å². The van der Waals surface area contributed by atoms with Crippen molar-refractivity contribution in [2.45, 2.75) is 6.10 Å². The van der Waals surface area contributed by atoms with Crippen LogP contribution in [-0.2, 0) is 4.74 Å². The quantitative estimate of drug-likeness (QED) is 0.819. The number of pyridine rings is 1. The van der Waals surface area contributed by atoms with Crippen LogP contribution in [0.25, 0.3) is 11.4 Å². The number of ether oxygens (including phenoxy) is 1. The van der Waals surface area contributed by atoms with E-state index in [0.29, 0.717) is 18.3 Å². The van der Waals surface area contributed by atoms with Crippen molar-refractivity contribution in [1.29, 1.82) is 0 Å². The molecule has 0 aliphatic rings. The number of nitrogens with zero attached hydrogens (tertiary/aromatic N) is 3. The van der Waals surface area contributed by atoms with Gasteiger partial charge in [0.25, 0.3) is 5.89 Å². The van der Waals surface area contributed by atoms with Gasteiger partial charge in [0.1, 0.15) is 6.10 Å². The van der Waals surface area contributed by atoms with Crippen LogP contribution in [0.15, 0.2) is 29.0 Å². The minimum Gasteiger partial charge on any atom is -0.370 e. The summed E-state index contributed by atoms with van der Waals surface area (Å²) in [6.45, 7) is 0.297. The molecule has 0 amide bonds. The van der Waals surface area contributed by atoms with E-state index in [1.807, 2.05) is 12.1 Å². The Balaban J connectivity index is 2.26. The van der Waals surface area contributed by atoms with E-state index in [1.54, 1.807) is 19.5 Å². The molecule has 0 aromatic carbocycles. The van der Waals surface area contributed by atoms with E-state index < -0.39 is 0 Å². The van der Waals surface area contributed by atoms with Crippen LogP contribution in [0.4, 0.5) is 0 Å². The lowest BCUT2D eigenvalue weighted by atomic mass is 10.3. The first-order valence-corrected chi connectivity index (χ1v) is 4.82. The molecule has 2 heterocycles. The van der Waals surface area contributed by atoms with Gasteiger partial charge in [-0.2, -0.15) is 4.98 Å². The zero-order chi connectivity index (χ0) is 11.4. The molecule has 0 fully saturated rings. The summed E-state index contributed by atoms with van der Waals surface area (Å²) < 4.78 is 10.2. The molecule has 2 aromatic rings. The van der Waals surface area contributed by atoms with Crippen molar-refractivity contribution >= 4 is 0 Å². The van der Waals surface area contributed by atoms with Gasteiger partial charge in [-0.05, 0) is 12.1 Å². The number of aromatic nitrogens is 3. The lowest BCUT2D eigenvalue weighted by molar-refractivity contribution is 0.0804. The predicted octanol–water partition coefficient (Wildman–Crippen LogP) is 0.778. The summed E-state index contributed by atoms with van der Waals surface area (Å²) in [4.78, 5) is 8.18. The van der Waals surface area contributed by atoms with Crippen LogP contribution < -0.4 is 5.73 Å². The van der Waals surface area contributed by atoms with Crippen molar-refractivity contribution in [3.05, 3.63) is 30.4 Å². The fraction of sp³-hybridized carbons (Fsp3) is 0.300. The summed E-state index contributed by atoms with van der Waals surface area (Å²) >= 11 is 0. The Morgan fingerprint density at radius 1 is 1.56 bits per heavy atom. The fourth-order valence-electron chi connectivity index (χ4n) is 1.28. The smallest absolute Gasteiger partial charge is 0.257 e. The Bertz CT molecular complexity index is 439. The normalized spacial score (nSPS) is 12.6. The highest BCUT2D eigenvalue weighted by atomic mass is 16.5. The zero-order valence-corrected chi connectivity index (χ0v) is 8.83. The summed E-state index contributed by atoms with van der Waals surface area (Å²) in [7, 11) is 1.55. The highest BCUT2D eigenvalue weighted by Gasteiger charge is 2.17. The minimum absolute atomic E-state index is 0.297. The standard InChI is InChI=1S/C10H12N4O2/c1-15-8(5-11)10-13-9(14-16-10)7-3-2-4-12-6-7/h2-4,6,8H,5,11H2,1H3. The highest BCUT2D eigenvalue weighted by Crippen LogP contribution is 2.18. The van der Waals surface area contributed by atoms with Crippen LogP contribution in [0.2, 0.25) is 0 Å². The summed E-state index contributed by atoms with van der Waals surface area (Å²) in [5, 5.41) is 3.84. The number of hydrogen-bond acceptors (Lipinski definition) is 6. The van der Waals surface area contributed by atoms with Crippen LogP contribution in [0, 0.1) is 0 Å². The van der Waals surface area contributed by atoms with Gasteiger partial charge in [-0.15, -0.1) is 0 Å². The largest absolute Gasteiger partial charge is 0.370 e. The maximum Gasteiger partial charge on any atom is 0.257 e. The van der Waals surface area contributed by atoms with Gasteiger partial charge in [-0.25, -0.2) is 0 Å². The van der Waals surface area contributed by atoms with E-state index in [4.69, 9.17) is 15.0 Å². The lowest BCUT2D eigenvalue weighted by Crippen LogP contribution is -2.14. The summed E-state index contributed by atoms with van der Waals surface area (Å²) in [5.41, 5.74) is 6.29. The molecule has 16 heavy (non-hydrogen) atoms. The SMILES string of the molecule is COC(CN)c1nc(-c2cccnc2)no1. The maximum atomic E-state index is 5.50. The molecule has 0 saturated carbocycles. The first kappa shape index (κ1) is 10.7. The average molecular weight is 220 g/mol. The van der Waals surface area contributed by atoms with E-state index in [2.05, 4.69) is 15.1 Å². The molecular weight excluding hydrogens is 208 g/mol. The van der Waals surface area contributed by atoms with Crippen molar-refractivity contribution in [3.8, 4) is 11.4 Å². The van der Waals surface area contributed by atoms with E-state index in [9.17, 15) is 0 Å². The van der Waals surface area contributed by atoms with Crippen molar-refractivity contribution in [3.63, 3.8) is 0 Å². The molecule has 0 saturated heterocycles. The fourth-order valence-corrected chi connectivity index (χ4v) is 1.28. The number of nitrogens with two attached hydrogens (primary N) is 1. The minimum atomic E-state index is -0.363. The number of methoxy groups -OCH3 is 1. The van der Waals surface area contributed by atoms with E-state index in [-0.39, 0.29) is 6.10 Å². The molecule has 2 aromatic heterocycles. The monoisotopic (exact) mass is 220 g/mol. The predicted molar refractivity (Wildman–Crippen MR) is 56.3 cm³/mol. The van der Waals surface area contributed by atoms with Gasteiger partial charge in [0.05, 0.1) is 0 Å². The first-order valence-electron chi connectivity index (χ1n) is 4.82. The van der Waals surface area contributed by atoms with Crippen molar-refractivity contribution in [1.82, 2.24) is 15.1 Å². The maximum absolute atomic E-state index is 5.50. The molecule has 6 heteroatoms. The van der Waals surface area contributed by atoms with Gasteiger partial charge in [0, 0.05) is 31.6 Å². The Kier molecular flexibility index (Phi) is 3.23. The lowest BCUT2D eigenvalue weighted by Gasteiger charge is -2.05. The topological polar surface area (TPSA) is 87.1 Å². The molecule has 84 valence electrons. The van der Waals surface area contributed by atoms with Crippen LogP contribution in [0.1, 0.15) is 12.0 Å². The third-order valence-corrected chi connectivity index (χ3v) is 2.14. The Hall–Kier alpha value is -1.79.